The van der Waals surface area contributed by atoms with Crippen molar-refractivity contribution in [3.05, 3.63) is 27.7 Å². The van der Waals surface area contributed by atoms with Gasteiger partial charge >= 0.3 is 0 Å². The average Bonchev–Trinajstić information content (AvgIpc) is 2.27. The van der Waals surface area contributed by atoms with E-state index in [2.05, 4.69) is 13.8 Å². The minimum absolute atomic E-state index is 0.373. The highest BCUT2D eigenvalue weighted by molar-refractivity contribution is 6.35. The van der Waals surface area contributed by atoms with E-state index in [9.17, 15) is 0 Å². The molecule has 0 amide bonds. The zero-order chi connectivity index (χ0) is 12.8. The maximum Gasteiger partial charge on any atom is 0.142 e. The fourth-order valence-electron chi connectivity index (χ4n) is 1.73. The summed E-state index contributed by atoms with van der Waals surface area (Å²) in [4.78, 5) is 0. The number of nitrogens with two attached hydrogens (primary N) is 1. The molecule has 1 aromatic carbocycles. The molecule has 2 nitrogen and oxygen atoms in total. The second-order valence-corrected chi connectivity index (χ2v) is 5.13. The number of halogens is 2. The molecule has 0 fully saturated rings. The zero-order valence-corrected chi connectivity index (χ0v) is 11.8. The van der Waals surface area contributed by atoms with E-state index >= 15 is 0 Å². The first-order valence-corrected chi connectivity index (χ1v) is 6.64. The van der Waals surface area contributed by atoms with Gasteiger partial charge in [0.1, 0.15) is 5.75 Å². The topological polar surface area (TPSA) is 35.2 Å². The van der Waals surface area contributed by atoms with Gasteiger partial charge in [-0.25, -0.2) is 0 Å². The lowest BCUT2D eigenvalue weighted by molar-refractivity contribution is 0.249. The fraction of sp³-hybridized carbons (Fsp3) is 0.538. The van der Waals surface area contributed by atoms with E-state index in [0.29, 0.717) is 34.9 Å². The van der Waals surface area contributed by atoms with Crippen LogP contribution >= 0.6 is 23.2 Å². The maximum atomic E-state index is 6.11. The Balaban J connectivity index is 2.76. The Morgan fingerprint density at radius 2 is 2.06 bits per heavy atom. The average molecular weight is 276 g/mol. The third kappa shape index (κ3) is 4.38. The molecule has 0 radical (unpaired) electrons. The first-order valence-electron chi connectivity index (χ1n) is 5.89. The Hall–Kier alpha value is -0.440. The summed E-state index contributed by atoms with van der Waals surface area (Å²) in [6.07, 6.45) is 2.30. The summed E-state index contributed by atoms with van der Waals surface area (Å²) in [6.45, 7) is 5.35. The number of rotatable bonds is 6. The monoisotopic (exact) mass is 275 g/mol. The Morgan fingerprint density at radius 1 is 1.35 bits per heavy atom. The van der Waals surface area contributed by atoms with Gasteiger partial charge in [-0.05, 0) is 24.5 Å². The molecule has 0 spiro atoms. The normalized spacial score (nSPS) is 12.5. The van der Waals surface area contributed by atoms with Gasteiger partial charge in [0.15, 0.2) is 0 Å². The number of ether oxygens (including phenoxy) is 1. The van der Waals surface area contributed by atoms with Crippen molar-refractivity contribution in [3.63, 3.8) is 0 Å². The standard InChI is InChI=1S/C13H19Cl2NO/c1-3-4-9(2)8-17-13-10(7-16)5-11(14)6-12(13)15/h5-6,9H,3-4,7-8,16H2,1-2H3. The van der Waals surface area contributed by atoms with Gasteiger partial charge in [0, 0.05) is 17.1 Å². The van der Waals surface area contributed by atoms with Crippen molar-refractivity contribution in [1.82, 2.24) is 0 Å². The summed E-state index contributed by atoms with van der Waals surface area (Å²) in [6, 6.07) is 3.48. The van der Waals surface area contributed by atoms with Crippen molar-refractivity contribution in [1.29, 1.82) is 0 Å². The van der Waals surface area contributed by atoms with Crippen molar-refractivity contribution >= 4 is 23.2 Å². The second kappa shape index (κ2) is 7.10. The summed E-state index contributed by atoms with van der Waals surface area (Å²) in [5, 5.41) is 1.12. The summed E-state index contributed by atoms with van der Waals surface area (Å²) in [7, 11) is 0. The predicted molar refractivity (Wildman–Crippen MR) is 73.9 cm³/mol. The van der Waals surface area contributed by atoms with Crippen LogP contribution in [0.4, 0.5) is 0 Å². The van der Waals surface area contributed by atoms with Crippen molar-refractivity contribution in [2.45, 2.75) is 33.2 Å². The molecular weight excluding hydrogens is 257 g/mol. The molecule has 1 unspecified atom stereocenters. The van der Waals surface area contributed by atoms with E-state index in [1.54, 1.807) is 12.1 Å². The van der Waals surface area contributed by atoms with Gasteiger partial charge in [-0.3, -0.25) is 0 Å². The van der Waals surface area contributed by atoms with Gasteiger partial charge in [-0.1, -0.05) is 43.5 Å². The number of hydrogen-bond donors (Lipinski definition) is 1. The van der Waals surface area contributed by atoms with E-state index < -0.39 is 0 Å². The molecule has 2 N–H and O–H groups in total. The maximum absolute atomic E-state index is 6.11. The summed E-state index contributed by atoms with van der Waals surface area (Å²) in [5.41, 5.74) is 6.51. The quantitative estimate of drug-likeness (QED) is 0.842. The van der Waals surface area contributed by atoms with E-state index in [4.69, 9.17) is 33.7 Å². The van der Waals surface area contributed by atoms with Crippen LogP contribution < -0.4 is 10.5 Å². The smallest absolute Gasteiger partial charge is 0.142 e. The molecule has 4 heteroatoms. The van der Waals surface area contributed by atoms with Gasteiger partial charge < -0.3 is 10.5 Å². The highest BCUT2D eigenvalue weighted by atomic mass is 35.5. The molecule has 0 aromatic heterocycles. The summed E-state index contributed by atoms with van der Waals surface area (Å²) >= 11 is 12.0. The molecule has 0 aliphatic heterocycles. The number of hydrogen-bond acceptors (Lipinski definition) is 2. The zero-order valence-electron chi connectivity index (χ0n) is 10.3. The third-order valence-electron chi connectivity index (χ3n) is 2.60. The SMILES string of the molecule is CCCC(C)COc1c(Cl)cc(Cl)cc1CN. The molecule has 17 heavy (non-hydrogen) atoms. The molecule has 1 rings (SSSR count). The molecule has 0 aliphatic rings. The van der Waals surface area contributed by atoms with Crippen LogP contribution in [0.15, 0.2) is 12.1 Å². The van der Waals surface area contributed by atoms with Crippen LogP contribution in [0.25, 0.3) is 0 Å². The molecule has 96 valence electrons. The fourth-order valence-corrected chi connectivity index (χ4v) is 2.32. The molecule has 0 saturated heterocycles. The van der Waals surface area contributed by atoms with Crippen molar-refractivity contribution in [2.75, 3.05) is 6.61 Å². The minimum atomic E-state index is 0.373. The molecule has 0 heterocycles. The Kier molecular flexibility index (Phi) is 6.10. The lowest BCUT2D eigenvalue weighted by atomic mass is 10.1. The van der Waals surface area contributed by atoms with Crippen LogP contribution in [-0.2, 0) is 6.54 Å². The van der Waals surface area contributed by atoms with Crippen molar-refractivity contribution in [2.24, 2.45) is 11.7 Å². The molecular formula is C13H19Cl2NO. The Labute approximate surface area is 113 Å². The Morgan fingerprint density at radius 3 is 2.65 bits per heavy atom. The molecule has 0 bridgehead atoms. The van der Waals surface area contributed by atoms with Crippen LogP contribution in [0.5, 0.6) is 5.75 Å². The molecule has 1 atom stereocenters. The lowest BCUT2D eigenvalue weighted by Gasteiger charge is -2.16. The van der Waals surface area contributed by atoms with E-state index in [0.717, 1.165) is 18.4 Å². The second-order valence-electron chi connectivity index (χ2n) is 4.28. The number of benzene rings is 1. The van der Waals surface area contributed by atoms with E-state index in [1.165, 1.54) is 0 Å². The van der Waals surface area contributed by atoms with Crippen molar-refractivity contribution in [3.8, 4) is 5.75 Å². The summed E-state index contributed by atoms with van der Waals surface area (Å²) in [5.74, 6) is 1.18. The largest absolute Gasteiger partial charge is 0.491 e. The highest BCUT2D eigenvalue weighted by Gasteiger charge is 2.11. The van der Waals surface area contributed by atoms with E-state index in [-0.39, 0.29) is 0 Å². The van der Waals surface area contributed by atoms with Gasteiger partial charge in [-0.2, -0.15) is 0 Å². The van der Waals surface area contributed by atoms with Gasteiger partial charge in [0.2, 0.25) is 0 Å². The van der Waals surface area contributed by atoms with Crippen molar-refractivity contribution < 1.29 is 4.74 Å². The first kappa shape index (κ1) is 14.6. The van der Waals surface area contributed by atoms with Crippen LogP contribution in [0.2, 0.25) is 10.0 Å². The van der Waals surface area contributed by atoms with Gasteiger partial charge in [-0.15, -0.1) is 0 Å². The third-order valence-corrected chi connectivity index (χ3v) is 3.10. The molecule has 1 aromatic rings. The molecule has 0 aliphatic carbocycles. The predicted octanol–water partition coefficient (Wildman–Crippen LogP) is 4.27. The molecule has 0 saturated carbocycles. The summed E-state index contributed by atoms with van der Waals surface area (Å²) < 4.78 is 5.76. The van der Waals surface area contributed by atoms with E-state index in [1.807, 2.05) is 0 Å². The Bertz CT molecular complexity index is 369. The van der Waals surface area contributed by atoms with Crippen LogP contribution in [0.1, 0.15) is 32.3 Å². The van der Waals surface area contributed by atoms with Crippen LogP contribution in [-0.4, -0.2) is 6.61 Å². The van der Waals surface area contributed by atoms with Gasteiger partial charge in [0.05, 0.1) is 11.6 Å². The lowest BCUT2D eigenvalue weighted by Crippen LogP contribution is -2.10. The first-order chi connectivity index (χ1) is 8.08. The van der Waals surface area contributed by atoms with Gasteiger partial charge in [0.25, 0.3) is 0 Å². The highest BCUT2D eigenvalue weighted by Crippen LogP contribution is 2.32. The van der Waals surface area contributed by atoms with Crippen LogP contribution in [0.3, 0.4) is 0 Å². The minimum Gasteiger partial charge on any atom is -0.491 e. The van der Waals surface area contributed by atoms with Crippen LogP contribution in [0, 0.1) is 5.92 Å².